The molecule has 1 aliphatic carbocycles. The third-order valence-corrected chi connectivity index (χ3v) is 4.09. The second-order valence-electron chi connectivity index (χ2n) is 5.56. The molecule has 1 aliphatic heterocycles. The molecule has 108 valence electrons. The average Bonchev–Trinajstić information content (AvgIpc) is 2.97. The van der Waals surface area contributed by atoms with E-state index in [4.69, 9.17) is 5.73 Å². The summed E-state index contributed by atoms with van der Waals surface area (Å²) < 4.78 is 1.71. The van der Waals surface area contributed by atoms with Crippen LogP contribution in [0.3, 0.4) is 0 Å². The van der Waals surface area contributed by atoms with Gasteiger partial charge in [0.15, 0.2) is 0 Å². The predicted octanol–water partition coefficient (Wildman–Crippen LogP) is 0.491. The van der Waals surface area contributed by atoms with Crippen molar-refractivity contribution >= 4 is 11.9 Å². The first-order valence-corrected chi connectivity index (χ1v) is 7.03. The normalized spacial score (nSPS) is 19.9. The van der Waals surface area contributed by atoms with Gasteiger partial charge in [-0.05, 0) is 12.8 Å². The number of amides is 3. The van der Waals surface area contributed by atoms with E-state index in [0.717, 1.165) is 12.8 Å². The Morgan fingerprint density at radius 3 is 2.60 bits per heavy atom. The smallest absolute Gasteiger partial charge is 0.317 e. The Kier molecular flexibility index (Phi) is 3.33. The molecule has 0 unspecified atom stereocenters. The van der Waals surface area contributed by atoms with Crippen molar-refractivity contribution in [2.24, 2.45) is 5.73 Å². The fourth-order valence-corrected chi connectivity index (χ4v) is 2.79. The van der Waals surface area contributed by atoms with Gasteiger partial charge in [-0.1, -0.05) is 12.8 Å². The minimum Gasteiger partial charge on any atom is -0.366 e. The Balaban J connectivity index is 1.49. The molecule has 0 atom stereocenters. The van der Waals surface area contributed by atoms with Crippen LogP contribution >= 0.6 is 0 Å². The van der Waals surface area contributed by atoms with E-state index in [-0.39, 0.29) is 12.1 Å². The van der Waals surface area contributed by atoms with E-state index < -0.39 is 5.91 Å². The van der Waals surface area contributed by atoms with Crippen LogP contribution < -0.4 is 11.1 Å². The lowest BCUT2D eigenvalue weighted by molar-refractivity contribution is 0.0998. The minimum absolute atomic E-state index is 0.00966. The number of rotatable bonds is 3. The van der Waals surface area contributed by atoms with Crippen LogP contribution in [-0.2, 0) is 0 Å². The van der Waals surface area contributed by atoms with E-state index in [1.807, 2.05) is 0 Å². The van der Waals surface area contributed by atoms with Gasteiger partial charge >= 0.3 is 6.03 Å². The molecule has 3 rings (SSSR count). The molecular formula is C13H19N5O2. The Hall–Kier alpha value is -2.05. The number of likely N-dealkylation sites (tertiary alicyclic amines) is 1. The van der Waals surface area contributed by atoms with Crippen LogP contribution in [0.2, 0.25) is 0 Å². The first kappa shape index (κ1) is 13.0. The molecular weight excluding hydrogens is 258 g/mol. The van der Waals surface area contributed by atoms with E-state index in [2.05, 4.69) is 10.4 Å². The Labute approximate surface area is 117 Å². The van der Waals surface area contributed by atoms with Crippen molar-refractivity contribution in [3.05, 3.63) is 18.0 Å². The second-order valence-corrected chi connectivity index (χ2v) is 5.56. The van der Waals surface area contributed by atoms with Crippen molar-refractivity contribution in [3.8, 4) is 0 Å². The highest BCUT2D eigenvalue weighted by Crippen LogP contribution is 2.22. The van der Waals surface area contributed by atoms with Gasteiger partial charge in [-0.15, -0.1) is 0 Å². The highest BCUT2D eigenvalue weighted by Gasteiger charge is 2.33. The van der Waals surface area contributed by atoms with E-state index >= 15 is 0 Å². The highest BCUT2D eigenvalue weighted by atomic mass is 16.2. The van der Waals surface area contributed by atoms with E-state index in [9.17, 15) is 9.59 Å². The molecule has 20 heavy (non-hydrogen) atoms. The number of hydrogen-bond donors (Lipinski definition) is 2. The first-order chi connectivity index (χ1) is 9.63. The number of primary amides is 1. The molecule has 1 aromatic rings. The van der Waals surface area contributed by atoms with Crippen LogP contribution in [0.15, 0.2) is 12.4 Å². The maximum Gasteiger partial charge on any atom is 0.317 e. The first-order valence-electron chi connectivity index (χ1n) is 7.03. The zero-order chi connectivity index (χ0) is 14.1. The molecule has 7 nitrogen and oxygen atoms in total. The molecule has 0 spiro atoms. The van der Waals surface area contributed by atoms with Crippen LogP contribution in [0.5, 0.6) is 0 Å². The fourth-order valence-electron chi connectivity index (χ4n) is 2.79. The van der Waals surface area contributed by atoms with Gasteiger partial charge in [0.05, 0.1) is 17.8 Å². The summed E-state index contributed by atoms with van der Waals surface area (Å²) in [6.07, 6.45) is 7.69. The largest absolute Gasteiger partial charge is 0.366 e. The van der Waals surface area contributed by atoms with Crippen molar-refractivity contribution in [3.63, 3.8) is 0 Å². The topological polar surface area (TPSA) is 93.2 Å². The minimum atomic E-state index is -0.480. The molecule has 0 radical (unpaired) electrons. The van der Waals surface area contributed by atoms with Crippen molar-refractivity contribution < 1.29 is 9.59 Å². The summed E-state index contributed by atoms with van der Waals surface area (Å²) in [6.45, 7) is 1.25. The van der Waals surface area contributed by atoms with Crippen LogP contribution in [-0.4, -0.2) is 45.8 Å². The second kappa shape index (κ2) is 5.15. The molecule has 0 aromatic carbocycles. The zero-order valence-electron chi connectivity index (χ0n) is 11.3. The summed E-state index contributed by atoms with van der Waals surface area (Å²) in [4.78, 5) is 24.8. The zero-order valence-corrected chi connectivity index (χ0v) is 11.3. The fraction of sp³-hybridized carbons (Fsp3) is 0.615. The van der Waals surface area contributed by atoms with Gasteiger partial charge in [-0.2, -0.15) is 5.10 Å². The van der Waals surface area contributed by atoms with Gasteiger partial charge in [0.25, 0.3) is 5.91 Å². The summed E-state index contributed by atoms with van der Waals surface area (Å²) >= 11 is 0. The number of hydrogen-bond acceptors (Lipinski definition) is 3. The SMILES string of the molecule is NC(=O)c1cnn(C2CN(C(=O)NC3CCCC3)C2)c1. The maximum absolute atomic E-state index is 12.0. The number of nitrogens with one attached hydrogen (secondary N) is 1. The predicted molar refractivity (Wildman–Crippen MR) is 72.1 cm³/mol. The van der Waals surface area contributed by atoms with E-state index in [0.29, 0.717) is 24.7 Å². The molecule has 2 heterocycles. The van der Waals surface area contributed by atoms with E-state index in [1.165, 1.54) is 19.0 Å². The number of nitrogens with zero attached hydrogens (tertiary/aromatic N) is 3. The number of nitrogens with two attached hydrogens (primary N) is 1. The maximum atomic E-state index is 12.0. The number of urea groups is 1. The lowest BCUT2D eigenvalue weighted by Crippen LogP contribution is -2.55. The summed E-state index contributed by atoms with van der Waals surface area (Å²) in [7, 11) is 0. The monoisotopic (exact) mass is 277 g/mol. The molecule has 0 bridgehead atoms. The number of carbonyl (C=O) groups is 2. The Morgan fingerprint density at radius 1 is 1.30 bits per heavy atom. The number of carbonyl (C=O) groups excluding carboxylic acids is 2. The van der Waals surface area contributed by atoms with Gasteiger partial charge in [0, 0.05) is 25.3 Å². The highest BCUT2D eigenvalue weighted by molar-refractivity contribution is 5.92. The van der Waals surface area contributed by atoms with Crippen molar-refractivity contribution in [2.45, 2.75) is 37.8 Å². The van der Waals surface area contributed by atoms with Gasteiger partial charge in [0.2, 0.25) is 0 Å². The lowest BCUT2D eigenvalue weighted by atomic mass is 10.1. The molecule has 1 saturated heterocycles. The standard InChI is InChI=1S/C13H19N5O2/c14-12(19)9-5-15-18(6-9)11-7-17(8-11)13(20)16-10-3-1-2-4-10/h5-6,10-11H,1-4,7-8H2,(H2,14,19)(H,16,20). The third kappa shape index (κ3) is 2.48. The van der Waals surface area contributed by atoms with Crippen molar-refractivity contribution in [1.82, 2.24) is 20.0 Å². The Bertz CT molecular complexity index is 515. The van der Waals surface area contributed by atoms with Gasteiger partial charge in [0.1, 0.15) is 0 Å². The number of aromatic nitrogens is 2. The Morgan fingerprint density at radius 2 is 2.00 bits per heavy atom. The molecule has 1 aromatic heterocycles. The van der Waals surface area contributed by atoms with Crippen LogP contribution in [0.25, 0.3) is 0 Å². The molecule has 2 fully saturated rings. The summed E-state index contributed by atoms with van der Waals surface area (Å²) in [5.41, 5.74) is 5.59. The third-order valence-electron chi connectivity index (χ3n) is 4.09. The van der Waals surface area contributed by atoms with Crippen molar-refractivity contribution in [1.29, 1.82) is 0 Å². The molecule has 7 heteroatoms. The molecule has 2 aliphatic rings. The average molecular weight is 277 g/mol. The lowest BCUT2D eigenvalue weighted by Gasteiger charge is -2.39. The van der Waals surface area contributed by atoms with Crippen LogP contribution in [0.1, 0.15) is 42.1 Å². The van der Waals surface area contributed by atoms with Gasteiger partial charge in [-0.25, -0.2) is 4.79 Å². The van der Waals surface area contributed by atoms with Gasteiger partial charge < -0.3 is 16.0 Å². The summed E-state index contributed by atoms with van der Waals surface area (Å²) in [5.74, 6) is -0.480. The summed E-state index contributed by atoms with van der Waals surface area (Å²) in [5, 5.41) is 7.17. The van der Waals surface area contributed by atoms with E-state index in [1.54, 1.807) is 15.8 Å². The molecule has 3 amide bonds. The van der Waals surface area contributed by atoms with Crippen LogP contribution in [0.4, 0.5) is 4.79 Å². The quantitative estimate of drug-likeness (QED) is 0.842. The van der Waals surface area contributed by atoms with Crippen molar-refractivity contribution in [2.75, 3.05) is 13.1 Å². The molecule has 3 N–H and O–H groups in total. The van der Waals surface area contributed by atoms with Gasteiger partial charge in [-0.3, -0.25) is 9.48 Å². The summed E-state index contributed by atoms with van der Waals surface area (Å²) in [6, 6.07) is 0.487. The van der Waals surface area contributed by atoms with Crippen LogP contribution in [0, 0.1) is 0 Å². The molecule has 1 saturated carbocycles.